The zero-order valence-corrected chi connectivity index (χ0v) is 13.1. The first-order chi connectivity index (χ1) is 9.92. The molecule has 0 fully saturated rings. The Kier molecular flexibility index (Phi) is 6.09. The number of benzene rings is 1. The van der Waals surface area contributed by atoms with Crippen LogP contribution in [0.25, 0.3) is 6.08 Å². The van der Waals surface area contributed by atoms with Crippen molar-refractivity contribution in [3.05, 3.63) is 23.3 Å². The van der Waals surface area contributed by atoms with Crippen LogP contribution in [-0.2, 0) is 9.53 Å². The molecule has 0 saturated heterocycles. The quantitative estimate of drug-likeness (QED) is 0.645. The maximum Gasteiger partial charge on any atom is 0.334 e. The number of esters is 1. The van der Waals surface area contributed by atoms with Crippen molar-refractivity contribution in [3.63, 3.8) is 0 Å². The fourth-order valence-electron chi connectivity index (χ4n) is 1.79. The Balaban J connectivity index is 3.19. The highest BCUT2D eigenvalue weighted by Gasteiger charge is 2.14. The monoisotopic (exact) mass is 294 g/mol. The molecule has 21 heavy (non-hydrogen) atoms. The lowest BCUT2D eigenvalue weighted by atomic mass is 10.1. The van der Waals surface area contributed by atoms with Gasteiger partial charge in [0, 0.05) is 5.57 Å². The SMILES string of the molecule is CC/C(=C\c1cc(OC)c(O)c(OC)c1)C(=O)OC(C)C. The van der Waals surface area contributed by atoms with E-state index in [2.05, 4.69) is 0 Å². The number of methoxy groups -OCH3 is 2. The van der Waals surface area contributed by atoms with Crippen LogP contribution in [0.1, 0.15) is 32.8 Å². The Hall–Kier alpha value is -2.17. The molecule has 0 unspecified atom stereocenters. The molecule has 0 saturated carbocycles. The Morgan fingerprint density at radius 3 is 2.14 bits per heavy atom. The molecule has 0 heterocycles. The molecule has 5 nitrogen and oxygen atoms in total. The van der Waals surface area contributed by atoms with E-state index in [0.29, 0.717) is 17.6 Å². The molecule has 1 aromatic carbocycles. The van der Waals surface area contributed by atoms with Gasteiger partial charge in [0.1, 0.15) is 0 Å². The van der Waals surface area contributed by atoms with Crippen LogP contribution in [0, 0.1) is 0 Å². The Labute approximate surface area is 125 Å². The van der Waals surface area contributed by atoms with Gasteiger partial charge in [-0.25, -0.2) is 4.79 Å². The van der Waals surface area contributed by atoms with Gasteiger partial charge >= 0.3 is 5.97 Å². The molecule has 0 amide bonds. The van der Waals surface area contributed by atoms with Crippen molar-refractivity contribution in [2.75, 3.05) is 14.2 Å². The van der Waals surface area contributed by atoms with Crippen LogP contribution in [0.4, 0.5) is 0 Å². The van der Waals surface area contributed by atoms with Crippen LogP contribution in [-0.4, -0.2) is 31.4 Å². The van der Waals surface area contributed by atoms with Gasteiger partial charge in [-0.15, -0.1) is 0 Å². The average molecular weight is 294 g/mol. The molecule has 0 aliphatic rings. The lowest BCUT2D eigenvalue weighted by molar-refractivity contribution is -0.142. The van der Waals surface area contributed by atoms with E-state index in [-0.39, 0.29) is 29.3 Å². The fraction of sp³-hybridized carbons (Fsp3) is 0.438. The lowest BCUT2D eigenvalue weighted by Gasteiger charge is -2.12. The molecule has 0 aromatic heterocycles. The van der Waals surface area contributed by atoms with Crippen LogP contribution >= 0.6 is 0 Å². The predicted molar refractivity (Wildman–Crippen MR) is 80.7 cm³/mol. The number of carbonyl (C=O) groups is 1. The summed E-state index contributed by atoms with van der Waals surface area (Å²) in [5.74, 6) is 0.153. The molecule has 5 heteroatoms. The molecular formula is C16H22O5. The van der Waals surface area contributed by atoms with Crippen LogP contribution < -0.4 is 9.47 Å². The first-order valence-corrected chi connectivity index (χ1v) is 6.79. The van der Waals surface area contributed by atoms with E-state index in [1.807, 2.05) is 6.92 Å². The van der Waals surface area contributed by atoms with E-state index in [1.54, 1.807) is 32.1 Å². The predicted octanol–water partition coefficient (Wildman–Crippen LogP) is 3.15. The molecule has 0 atom stereocenters. The zero-order chi connectivity index (χ0) is 16.0. The second-order valence-electron chi connectivity index (χ2n) is 4.75. The average Bonchev–Trinajstić information content (AvgIpc) is 2.44. The molecule has 0 radical (unpaired) electrons. The number of ether oxygens (including phenoxy) is 3. The third-order valence-corrected chi connectivity index (χ3v) is 2.83. The van der Waals surface area contributed by atoms with Gasteiger partial charge in [-0.1, -0.05) is 6.92 Å². The summed E-state index contributed by atoms with van der Waals surface area (Å²) < 4.78 is 15.4. The first-order valence-electron chi connectivity index (χ1n) is 6.79. The first kappa shape index (κ1) is 16.9. The second kappa shape index (κ2) is 7.57. The Bertz CT molecular complexity index is 506. The molecule has 0 spiro atoms. The summed E-state index contributed by atoms with van der Waals surface area (Å²) in [4.78, 5) is 12.0. The molecule has 0 aliphatic heterocycles. The van der Waals surface area contributed by atoms with Crippen molar-refractivity contribution < 1.29 is 24.1 Å². The number of aromatic hydroxyl groups is 1. The van der Waals surface area contributed by atoms with Gasteiger partial charge < -0.3 is 19.3 Å². The number of phenolic OH excluding ortho intramolecular Hbond substituents is 1. The van der Waals surface area contributed by atoms with Crippen LogP contribution in [0.2, 0.25) is 0 Å². The summed E-state index contributed by atoms with van der Waals surface area (Å²) in [7, 11) is 2.91. The van der Waals surface area contributed by atoms with E-state index in [1.165, 1.54) is 14.2 Å². The molecule has 0 aliphatic carbocycles. The summed E-state index contributed by atoms with van der Waals surface area (Å²) in [6.07, 6.45) is 2.07. The standard InChI is InChI=1S/C16H22O5/c1-6-12(16(18)21-10(2)3)7-11-8-13(19-4)15(17)14(9-11)20-5/h7-10,17H,6H2,1-5H3/b12-7+. The number of hydrogen-bond acceptors (Lipinski definition) is 5. The maximum atomic E-state index is 12.0. The van der Waals surface area contributed by atoms with Gasteiger partial charge in [0.15, 0.2) is 11.5 Å². The molecule has 116 valence electrons. The van der Waals surface area contributed by atoms with Crippen molar-refractivity contribution in [2.24, 2.45) is 0 Å². The normalized spacial score (nSPS) is 11.4. The molecule has 1 rings (SSSR count). The van der Waals surface area contributed by atoms with Crippen molar-refractivity contribution >= 4 is 12.0 Å². The lowest BCUT2D eigenvalue weighted by Crippen LogP contribution is -2.13. The smallest absolute Gasteiger partial charge is 0.334 e. The van der Waals surface area contributed by atoms with Gasteiger partial charge in [-0.2, -0.15) is 0 Å². The number of hydrogen-bond donors (Lipinski definition) is 1. The molecular weight excluding hydrogens is 272 g/mol. The highest BCUT2D eigenvalue weighted by Crippen LogP contribution is 2.37. The minimum absolute atomic E-state index is 0.0695. The summed E-state index contributed by atoms with van der Waals surface area (Å²) in [6.45, 7) is 5.48. The summed E-state index contributed by atoms with van der Waals surface area (Å²) in [6, 6.07) is 3.27. The Morgan fingerprint density at radius 2 is 1.76 bits per heavy atom. The van der Waals surface area contributed by atoms with E-state index < -0.39 is 0 Å². The highest BCUT2D eigenvalue weighted by molar-refractivity contribution is 5.93. The van der Waals surface area contributed by atoms with Gasteiger partial charge in [-0.05, 0) is 44.0 Å². The van der Waals surface area contributed by atoms with Crippen LogP contribution in [0.15, 0.2) is 17.7 Å². The van der Waals surface area contributed by atoms with E-state index in [9.17, 15) is 9.90 Å². The fourth-order valence-corrected chi connectivity index (χ4v) is 1.79. The number of carbonyl (C=O) groups excluding carboxylic acids is 1. The molecule has 0 bridgehead atoms. The van der Waals surface area contributed by atoms with Gasteiger partial charge in [-0.3, -0.25) is 0 Å². The summed E-state index contributed by atoms with van der Waals surface area (Å²) in [5.41, 5.74) is 1.23. The number of rotatable bonds is 6. The van der Waals surface area contributed by atoms with E-state index in [0.717, 1.165) is 0 Å². The van der Waals surface area contributed by atoms with E-state index >= 15 is 0 Å². The largest absolute Gasteiger partial charge is 0.502 e. The number of phenols is 1. The summed E-state index contributed by atoms with van der Waals surface area (Å²) >= 11 is 0. The second-order valence-corrected chi connectivity index (χ2v) is 4.75. The van der Waals surface area contributed by atoms with Gasteiger partial charge in [0.2, 0.25) is 5.75 Å². The Morgan fingerprint density at radius 1 is 1.24 bits per heavy atom. The maximum absolute atomic E-state index is 12.0. The molecule has 1 aromatic rings. The van der Waals surface area contributed by atoms with Crippen molar-refractivity contribution in [1.29, 1.82) is 0 Å². The molecule has 1 N–H and O–H groups in total. The topological polar surface area (TPSA) is 65.0 Å². The van der Waals surface area contributed by atoms with Gasteiger partial charge in [0.05, 0.1) is 20.3 Å². The van der Waals surface area contributed by atoms with E-state index in [4.69, 9.17) is 14.2 Å². The third-order valence-electron chi connectivity index (χ3n) is 2.83. The minimum Gasteiger partial charge on any atom is -0.502 e. The zero-order valence-electron chi connectivity index (χ0n) is 13.1. The third kappa shape index (κ3) is 4.41. The summed E-state index contributed by atoms with van der Waals surface area (Å²) in [5, 5.41) is 9.87. The van der Waals surface area contributed by atoms with Crippen molar-refractivity contribution in [1.82, 2.24) is 0 Å². The highest BCUT2D eigenvalue weighted by atomic mass is 16.5. The van der Waals surface area contributed by atoms with Gasteiger partial charge in [0.25, 0.3) is 0 Å². The van der Waals surface area contributed by atoms with Crippen molar-refractivity contribution in [3.8, 4) is 17.2 Å². The minimum atomic E-state index is -0.349. The van der Waals surface area contributed by atoms with Crippen LogP contribution in [0.3, 0.4) is 0 Å². The van der Waals surface area contributed by atoms with Crippen LogP contribution in [0.5, 0.6) is 17.2 Å². The van der Waals surface area contributed by atoms with Crippen molar-refractivity contribution in [2.45, 2.75) is 33.3 Å².